The minimum absolute atomic E-state index is 0.438. The number of nitrogens with zero attached hydrogens (tertiary/aromatic N) is 2. The van der Waals surface area contributed by atoms with Crippen LogP contribution >= 0.6 is 27.7 Å². The lowest BCUT2D eigenvalue weighted by atomic mass is 10.2. The Morgan fingerprint density at radius 3 is 2.66 bits per heavy atom. The van der Waals surface area contributed by atoms with Crippen LogP contribution in [0.1, 0.15) is 18.1 Å². The fourth-order valence-corrected chi connectivity index (χ4v) is 4.08. The highest BCUT2D eigenvalue weighted by Crippen LogP contribution is 2.32. The summed E-state index contributed by atoms with van der Waals surface area (Å²) in [5.74, 6) is 1.31. The molecule has 0 saturated heterocycles. The molecule has 7 heteroatoms. The van der Waals surface area contributed by atoms with Crippen molar-refractivity contribution in [3.63, 3.8) is 0 Å². The zero-order valence-electron chi connectivity index (χ0n) is 17.3. The van der Waals surface area contributed by atoms with Crippen molar-refractivity contribution in [3.8, 4) is 17.6 Å². The van der Waals surface area contributed by atoms with Gasteiger partial charge in [-0.3, -0.25) is 0 Å². The molecule has 0 bridgehead atoms. The first kappa shape index (κ1) is 22.0. The fraction of sp³-hybridized carbons (Fsp3) is 0.120. The third-order valence-corrected chi connectivity index (χ3v) is 5.90. The first-order valence-electron chi connectivity index (χ1n) is 10.0. The van der Waals surface area contributed by atoms with Crippen molar-refractivity contribution in [1.82, 2.24) is 9.97 Å². The topological polar surface area (TPSA) is 70.9 Å². The number of nitriles is 1. The van der Waals surface area contributed by atoms with Gasteiger partial charge in [-0.25, -0.2) is 4.98 Å². The van der Waals surface area contributed by atoms with E-state index in [1.165, 1.54) is 11.8 Å². The Balaban J connectivity index is 1.52. The molecule has 0 atom stereocenters. The van der Waals surface area contributed by atoms with Gasteiger partial charge in [-0.1, -0.05) is 46.3 Å². The van der Waals surface area contributed by atoms with Crippen molar-refractivity contribution < 1.29 is 9.47 Å². The third kappa shape index (κ3) is 5.52. The zero-order chi connectivity index (χ0) is 22.3. The number of thioether (sulfide) groups is 1. The monoisotopic (exact) mass is 505 g/mol. The summed E-state index contributed by atoms with van der Waals surface area (Å²) < 4.78 is 12.8. The molecule has 4 rings (SSSR count). The third-order valence-electron chi connectivity index (χ3n) is 4.56. The van der Waals surface area contributed by atoms with Crippen LogP contribution in [0.3, 0.4) is 0 Å². The highest BCUT2D eigenvalue weighted by molar-refractivity contribution is 9.10. The molecule has 0 spiro atoms. The molecular weight excluding hydrogens is 486 g/mol. The molecule has 3 aromatic carbocycles. The molecule has 0 fully saturated rings. The molecule has 0 radical (unpaired) electrons. The molecule has 1 N–H and O–H groups in total. The maximum absolute atomic E-state index is 9.64. The number of aromatic nitrogens is 2. The zero-order valence-corrected chi connectivity index (χ0v) is 19.7. The number of benzene rings is 3. The average molecular weight is 506 g/mol. The molecule has 0 aliphatic rings. The van der Waals surface area contributed by atoms with Gasteiger partial charge >= 0.3 is 0 Å². The van der Waals surface area contributed by atoms with Gasteiger partial charge in [0.15, 0.2) is 16.7 Å². The number of rotatable bonds is 8. The number of nitrogens with one attached hydrogen (secondary N) is 1. The number of fused-ring (bicyclic) bond motifs is 1. The molecule has 1 heterocycles. The summed E-state index contributed by atoms with van der Waals surface area (Å²) in [5.41, 5.74) is 3.73. The van der Waals surface area contributed by atoms with Gasteiger partial charge in [0.25, 0.3) is 0 Å². The van der Waals surface area contributed by atoms with Gasteiger partial charge in [0, 0.05) is 4.47 Å². The van der Waals surface area contributed by atoms with E-state index in [4.69, 9.17) is 9.47 Å². The maximum atomic E-state index is 9.64. The minimum atomic E-state index is 0.438. The van der Waals surface area contributed by atoms with Crippen LogP contribution in [0.15, 0.2) is 81.3 Å². The quantitative estimate of drug-likeness (QED) is 0.207. The van der Waals surface area contributed by atoms with E-state index in [0.29, 0.717) is 34.8 Å². The highest BCUT2D eigenvalue weighted by atomic mass is 79.9. The van der Waals surface area contributed by atoms with Crippen molar-refractivity contribution in [2.24, 2.45) is 0 Å². The normalized spacial score (nSPS) is 11.3. The molecule has 0 amide bonds. The van der Waals surface area contributed by atoms with Gasteiger partial charge in [0.1, 0.15) is 12.7 Å². The number of H-pyrrole nitrogens is 1. The van der Waals surface area contributed by atoms with Gasteiger partial charge in [-0.05, 0) is 72.3 Å². The van der Waals surface area contributed by atoms with Crippen LogP contribution in [0.5, 0.6) is 11.5 Å². The lowest BCUT2D eigenvalue weighted by Gasteiger charge is -2.13. The van der Waals surface area contributed by atoms with Crippen molar-refractivity contribution >= 4 is 44.8 Å². The lowest BCUT2D eigenvalue weighted by molar-refractivity contribution is 0.269. The Kier molecular flexibility index (Phi) is 7.15. The van der Waals surface area contributed by atoms with E-state index in [0.717, 1.165) is 26.6 Å². The largest absolute Gasteiger partial charge is 0.490 e. The smallest absolute Gasteiger partial charge is 0.171 e. The van der Waals surface area contributed by atoms with Crippen molar-refractivity contribution in [2.75, 3.05) is 6.61 Å². The van der Waals surface area contributed by atoms with E-state index >= 15 is 0 Å². The average Bonchev–Trinajstić information content (AvgIpc) is 3.22. The second-order valence-electron chi connectivity index (χ2n) is 6.84. The number of imidazole rings is 1. The molecule has 1 aromatic heterocycles. The van der Waals surface area contributed by atoms with Gasteiger partial charge < -0.3 is 14.5 Å². The summed E-state index contributed by atoms with van der Waals surface area (Å²) in [4.78, 5) is 8.29. The predicted octanol–water partition coefficient (Wildman–Crippen LogP) is 6.96. The van der Waals surface area contributed by atoms with Gasteiger partial charge in [-0.2, -0.15) is 5.26 Å². The Morgan fingerprint density at radius 1 is 1.09 bits per heavy atom. The van der Waals surface area contributed by atoms with Crippen molar-refractivity contribution in [3.05, 3.63) is 87.2 Å². The number of aromatic amines is 1. The summed E-state index contributed by atoms with van der Waals surface area (Å²) in [6.45, 7) is 2.88. The number of para-hydroxylation sites is 2. The first-order valence-corrected chi connectivity index (χ1v) is 11.6. The maximum Gasteiger partial charge on any atom is 0.171 e. The number of ether oxygens (including phenoxy) is 2. The summed E-state index contributed by atoms with van der Waals surface area (Å²) >= 11 is 4.74. The second kappa shape index (κ2) is 10.4. The van der Waals surface area contributed by atoms with Crippen LogP contribution in [0.4, 0.5) is 0 Å². The predicted molar refractivity (Wildman–Crippen MR) is 132 cm³/mol. The number of allylic oxidation sites excluding steroid dienone is 1. The van der Waals surface area contributed by atoms with Crippen molar-refractivity contribution in [1.29, 1.82) is 5.26 Å². The van der Waals surface area contributed by atoms with Crippen LogP contribution in [0.2, 0.25) is 0 Å². The molecule has 0 aliphatic heterocycles. The van der Waals surface area contributed by atoms with Crippen molar-refractivity contribution in [2.45, 2.75) is 18.7 Å². The van der Waals surface area contributed by atoms with Crippen LogP contribution < -0.4 is 9.47 Å². The lowest BCUT2D eigenvalue weighted by Crippen LogP contribution is -2.00. The summed E-state index contributed by atoms with van der Waals surface area (Å²) in [6, 6.07) is 23.7. The Bertz CT molecular complexity index is 1260. The van der Waals surface area contributed by atoms with E-state index in [1.54, 1.807) is 0 Å². The summed E-state index contributed by atoms with van der Waals surface area (Å²) in [6.07, 6.45) is 1.82. The standard InChI is InChI=1S/C25H20BrN3O2S/c1-2-30-24-14-18(9-12-23(24)31-16-17-7-10-19(26)11-8-17)13-20(15-27)32-25-28-21-5-3-4-6-22(21)29-25/h3-14H,2,16H2,1H3,(H,28,29)/b20-13+. The van der Waals surface area contributed by atoms with E-state index in [-0.39, 0.29) is 0 Å². The number of halogens is 1. The van der Waals surface area contributed by atoms with Gasteiger partial charge in [0.2, 0.25) is 0 Å². The number of hydrogen-bond donors (Lipinski definition) is 1. The highest BCUT2D eigenvalue weighted by Gasteiger charge is 2.10. The summed E-state index contributed by atoms with van der Waals surface area (Å²) in [5, 5.41) is 10.3. The molecular formula is C25H20BrN3O2S. The molecule has 32 heavy (non-hydrogen) atoms. The van der Waals surface area contributed by atoms with Crippen LogP contribution in [0.25, 0.3) is 17.1 Å². The Labute approximate surface area is 199 Å². The van der Waals surface area contributed by atoms with Gasteiger partial charge in [0.05, 0.1) is 22.5 Å². The Morgan fingerprint density at radius 2 is 1.91 bits per heavy atom. The molecule has 5 nitrogen and oxygen atoms in total. The molecule has 4 aromatic rings. The van der Waals surface area contributed by atoms with Crippen LogP contribution in [-0.2, 0) is 6.61 Å². The van der Waals surface area contributed by atoms with E-state index in [2.05, 4.69) is 32.0 Å². The fourth-order valence-electron chi connectivity index (χ4n) is 3.06. The van der Waals surface area contributed by atoms with Crippen LogP contribution in [0, 0.1) is 11.3 Å². The van der Waals surface area contributed by atoms with E-state index in [1.807, 2.05) is 79.7 Å². The SMILES string of the molecule is CCOc1cc(/C=C(\C#N)Sc2nc3ccccc3[nH]2)ccc1OCc1ccc(Br)cc1. The van der Waals surface area contributed by atoms with E-state index < -0.39 is 0 Å². The number of hydrogen-bond acceptors (Lipinski definition) is 5. The van der Waals surface area contributed by atoms with Crippen LogP contribution in [-0.4, -0.2) is 16.6 Å². The molecule has 0 saturated carbocycles. The first-order chi connectivity index (χ1) is 15.6. The Hall–Kier alpha value is -3.21. The molecule has 0 aliphatic carbocycles. The molecule has 160 valence electrons. The summed E-state index contributed by atoms with van der Waals surface area (Å²) in [7, 11) is 0. The molecule has 0 unspecified atom stereocenters. The van der Waals surface area contributed by atoms with Gasteiger partial charge in [-0.15, -0.1) is 0 Å². The second-order valence-corrected chi connectivity index (χ2v) is 8.78. The van der Waals surface area contributed by atoms with E-state index in [9.17, 15) is 5.26 Å². The minimum Gasteiger partial charge on any atom is -0.490 e.